The van der Waals surface area contributed by atoms with Gasteiger partial charge in [-0.1, -0.05) is 6.92 Å². The molecule has 1 atom stereocenters. The fourth-order valence-electron chi connectivity index (χ4n) is 1.02. The van der Waals surface area contributed by atoms with Crippen LogP contribution in [-0.4, -0.2) is 11.3 Å². The Balaban J connectivity index is 2.82. The Morgan fingerprint density at radius 3 is 2.64 bits per heavy atom. The van der Waals surface area contributed by atoms with Crippen LogP contribution < -0.4 is 0 Å². The first kappa shape index (κ1) is 7.92. The van der Waals surface area contributed by atoms with E-state index in [0.29, 0.717) is 0 Å². The van der Waals surface area contributed by atoms with Gasteiger partial charge in [-0.3, -0.25) is 4.98 Å². The van der Waals surface area contributed by atoms with E-state index < -0.39 is 0 Å². The summed E-state index contributed by atoms with van der Waals surface area (Å²) >= 11 is 0. The van der Waals surface area contributed by atoms with Crippen molar-refractivity contribution in [2.24, 2.45) is 0 Å². The minimum absolute atomic E-state index is 0.0398. The molecule has 0 aliphatic heterocycles. The van der Waals surface area contributed by atoms with Crippen molar-refractivity contribution in [3.63, 3.8) is 0 Å². The normalized spacial score (nSPS) is 12.5. The molecule has 0 aliphatic rings. The van der Waals surface area contributed by atoms with Crippen molar-refractivity contribution in [2.75, 3.05) is 0 Å². The molecule has 0 saturated heterocycles. The molecule has 0 aromatic carbocycles. The molecule has 1 unspecified atom stereocenters. The van der Waals surface area contributed by atoms with Gasteiger partial charge in [0.25, 0.3) is 0 Å². The molecular formula is C9H11NO. The van der Waals surface area contributed by atoms with E-state index in [1.807, 2.05) is 19.1 Å². The first-order valence-corrected chi connectivity index (χ1v) is 3.73. The molecule has 58 valence electrons. The Kier molecular flexibility index (Phi) is 2.78. The largest absolute Gasteiger partial charge is 0.303 e. The second-order valence-electron chi connectivity index (χ2n) is 2.43. The van der Waals surface area contributed by atoms with Crippen LogP contribution in [-0.2, 0) is 4.79 Å². The average Bonchev–Trinajstić information content (AvgIpc) is 2.09. The van der Waals surface area contributed by atoms with Gasteiger partial charge in [-0.2, -0.15) is 0 Å². The van der Waals surface area contributed by atoms with E-state index in [4.69, 9.17) is 0 Å². The maximum atomic E-state index is 10.5. The molecule has 2 heteroatoms. The second-order valence-corrected chi connectivity index (χ2v) is 2.43. The van der Waals surface area contributed by atoms with Crippen molar-refractivity contribution in [3.05, 3.63) is 30.1 Å². The highest BCUT2D eigenvalue weighted by Gasteiger charge is 2.05. The Labute approximate surface area is 66.3 Å². The van der Waals surface area contributed by atoms with Gasteiger partial charge in [0.1, 0.15) is 6.29 Å². The summed E-state index contributed by atoms with van der Waals surface area (Å²) in [4.78, 5) is 14.4. The molecule has 0 N–H and O–H groups in total. The summed E-state index contributed by atoms with van der Waals surface area (Å²) in [5.41, 5.74) is 1.05. The summed E-state index contributed by atoms with van der Waals surface area (Å²) in [6.07, 6.45) is 5.26. The van der Waals surface area contributed by atoms with Gasteiger partial charge in [-0.05, 0) is 24.1 Å². The van der Waals surface area contributed by atoms with E-state index in [0.717, 1.165) is 18.3 Å². The molecule has 1 aromatic heterocycles. The van der Waals surface area contributed by atoms with E-state index in [-0.39, 0.29) is 5.92 Å². The van der Waals surface area contributed by atoms with Crippen molar-refractivity contribution in [2.45, 2.75) is 19.3 Å². The van der Waals surface area contributed by atoms with Gasteiger partial charge in [0.15, 0.2) is 0 Å². The standard InChI is InChI=1S/C9H11NO/c1-2-8(7-11)9-3-5-10-6-4-9/h3-8H,2H2,1H3. The highest BCUT2D eigenvalue weighted by Crippen LogP contribution is 2.14. The summed E-state index contributed by atoms with van der Waals surface area (Å²) in [5.74, 6) is 0.0398. The molecule has 0 bridgehead atoms. The van der Waals surface area contributed by atoms with Crippen molar-refractivity contribution < 1.29 is 4.79 Å². The maximum absolute atomic E-state index is 10.5. The predicted molar refractivity (Wildman–Crippen MR) is 43.3 cm³/mol. The SMILES string of the molecule is CCC(C=O)c1ccncc1. The number of aromatic nitrogens is 1. The minimum atomic E-state index is 0.0398. The quantitative estimate of drug-likeness (QED) is 0.613. The van der Waals surface area contributed by atoms with Gasteiger partial charge in [0.2, 0.25) is 0 Å². The van der Waals surface area contributed by atoms with Crippen molar-refractivity contribution in [1.29, 1.82) is 0 Å². The molecule has 0 saturated carbocycles. The Morgan fingerprint density at radius 2 is 2.18 bits per heavy atom. The zero-order chi connectivity index (χ0) is 8.10. The fraction of sp³-hybridized carbons (Fsp3) is 0.333. The van der Waals surface area contributed by atoms with Crippen LogP contribution in [0.3, 0.4) is 0 Å². The van der Waals surface area contributed by atoms with Crippen LogP contribution in [0.4, 0.5) is 0 Å². The molecule has 2 nitrogen and oxygen atoms in total. The van der Waals surface area contributed by atoms with E-state index >= 15 is 0 Å². The number of carbonyl (C=O) groups is 1. The van der Waals surface area contributed by atoms with Crippen LogP contribution >= 0.6 is 0 Å². The van der Waals surface area contributed by atoms with Gasteiger partial charge in [-0.25, -0.2) is 0 Å². The van der Waals surface area contributed by atoms with Gasteiger partial charge in [-0.15, -0.1) is 0 Å². The van der Waals surface area contributed by atoms with Crippen LogP contribution in [0.15, 0.2) is 24.5 Å². The summed E-state index contributed by atoms with van der Waals surface area (Å²) < 4.78 is 0. The topological polar surface area (TPSA) is 30.0 Å². The molecule has 0 radical (unpaired) electrons. The number of aldehydes is 1. The number of pyridine rings is 1. The first-order valence-electron chi connectivity index (χ1n) is 3.73. The molecule has 0 fully saturated rings. The number of hydrogen-bond acceptors (Lipinski definition) is 2. The molecule has 1 aromatic rings. The highest BCUT2D eigenvalue weighted by atomic mass is 16.1. The molecule has 0 amide bonds. The summed E-state index contributed by atoms with van der Waals surface area (Å²) in [7, 11) is 0. The van der Waals surface area contributed by atoms with Crippen LogP contribution in [0, 0.1) is 0 Å². The fourth-order valence-corrected chi connectivity index (χ4v) is 1.02. The third-order valence-corrected chi connectivity index (χ3v) is 1.74. The van der Waals surface area contributed by atoms with Crippen molar-refractivity contribution in [3.8, 4) is 0 Å². The highest BCUT2D eigenvalue weighted by molar-refractivity contribution is 5.61. The van der Waals surface area contributed by atoms with Gasteiger partial charge >= 0.3 is 0 Å². The van der Waals surface area contributed by atoms with Crippen molar-refractivity contribution in [1.82, 2.24) is 4.98 Å². The van der Waals surface area contributed by atoms with Crippen LogP contribution in [0.2, 0.25) is 0 Å². The monoisotopic (exact) mass is 149 g/mol. The number of nitrogens with zero attached hydrogens (tertiary/aromatic N) is 1. The number of carbonyl (C=O) groups excluding carboxylic acids is 1. The van der Waals surface area contributed by atoms with Gasteiger partial charge in [0.05, 0.1) is 0 Å². The molecular weight excluding hydrogens is 138 g/mol. The van der Waals surface area contributed by atoms with Gasteiger partial charge in [0, 0.05) is 18.3 Å². The van der Waals surface area contributed by atoms with Crippen LogP contribution in [0.1, 0.15) is 24.8 Å². The first-order chi connectivity index (χ1) is 5.38. The Bertz CT molecular complexity index is 220. The smallest absolute Gasteiger partial charge is 0.127 e. The lowest BCUT2D eigenvalue weighted by atomic mass is 10.00. The Hall–Kier alpha value is -1.18. The lowest BCUT2D eigenvalue weighted by molar-refractivity contribution is -0.109. The van der Waals surface area contributed by atoms with Crippen molar-refractivity contribution >= 4 is 6.29 Å². The third kappa shape index (κ3) is 1.87. The van der Waals surface area contributed by atoms with Crippen LogP contribution in [0.25, 0.3) is 0 Å². The third-order valence-electron chi connectivity index (χ3n) is 1.74. The molecule has 1 heterocycles. The Morgan fingerprint density at radius 1 is 1.55 bits per heavy atom. The maximum Gasteiger partial charge on any atom is 0.127 e. The molecule has 0 spiro atoms. The summed E-state index contributed by atoms with van der Waals surface area (Å²) in [6, 6.07) is 3.76. The predicted octanol–water partition coefficient (Wildman–Crippen LogP) is 1.77. The second kappa shape index (κ2) is 3.86. The van der Waals surface area contributed by atoms with E-state index in [2.05, 4.69) is 4.98 Å². The molecule has 1 rings (SSSR count). The van der Waals surface area contributed by atoms with E-state index in [9.17, 15) is 4.79 Å². The molecule has 11 heavy (non-hydrogen) atoms. The number of rotatable bonds is 3. The van der Waals surface area contributed by atoms with Crippen LogP contribution in [0.5, 0.6) is 0 Å². The summed E-state index contributed by atoms with van der Waals surface area (Å²) in [6.45, 7) is 2.00. The zero-order valence-corrected chi connectivity index (χ0v) is 6.53. The average molecular weight is 149 g/mol. The molecule has 0 aliphatic carbocycles. The van der Waals surface area contributed by atoms with E-state index in [1.165, 1.54) is 0 Å². The van der Waals surface area contributed by atoms with Gasteiger partial charge < -0.3 is 4.79 Å². The lowest BCUT2D eigenvalue weighted by Gasteiger charge is -2.05. The zero-order valence-electron chi connectivity index (χ0n) is 6.53. The van der Waals surface area contributed by atoms with E-state index in [1.54, 1.807) is 12.4 Å². The summed E-state index contributed by atoms with van der Waals surface area (Å²) in [5, 5.41) is 0. The minimum Gasteiger partial charge on any atom is -0.303 e. The number of hydrogen-bond donors (Lipinski definition) is 0. The lowest BCUT2D eigenvalue weighted by Crippen LogP contribution is -1.97.